The van der Waals surface area contributed by atoms with Crippen LogP contribution in [0.2, 0.25) is 0 Å². The monoisotopic (exact) mass is 303 g/mol. The van der Waals surface area contributed by atoms with Crippen LogP contribution in [0.15, 0.2) is 18.2 Å². The van der Waals surface area contributed by atoms with Gasteiger partial charge in [-0.05, 0) is 49.6 Å². The van der Waals surface area contributed by atoms with E-state index in [1.807, 2.05) is 4.90 Å². The van der Waals surface area contributed by atoms with Crippen molar-refractivity contribution in [1.82, 2.24) is 15.1 Å². The minimum atomic E-state index is 0.0715. The van der Waals surface area contributed by atoms with Crippen molar-refractivity contribution in [3.05, 3.63) is 29.3 Å². The molecule has 1 fully saturated rings. The predicted molar refractivity (Wildman–Crippen MR) is 86.3 cm³/mol. The van der Waals surface area contributed by atoms with Gasteiger partial charge in [-0.15, -0.1) is 0 Å². The topological polar surface area (TPSA) is 44.8 Å². The summed E-state index contributed by atoms with van der Waals surface area (Å²) in [7, 11) is 3.88. The van der Waals surface area contributed by atoms with E-state index in [4.69, 9.17) is 4.74 Å². The van der Waals surface area contributed by atoms with Crippen molar-refractivity contribution >= 4 is 6.03 Å². The first-order valence-electron chi connectivity index (χ1n) is 8.09. The lowest BCUT2D eigenvalue weighted by atomic mass is 9.87. The normalized spacial score (nSPS) is 21.0. The number of nitrogens with one attached hydrogen (secondary N) is 1. The van der Waals surface area contributed by atoms with Crippen molar-refractivity contribution in [3.8, 4) is 5.75 Å². The molecule has 1 saturated heterocycles. The van der Waals surface area contributed by atoms with Gasteiger partial charge in [0.1, 0.15) is 5.75 Å². The minimum absolute atomic E-state index is 0.0715. The second kappa shape index (κ2) is 6.57. The zero-order valence-corrected chi connectivity index (χ0v) is 13.5. The summed E-state index contributed by atoms with van der Waals surface area (Å²) in [6.07, 6.45) is 3.52. The van der Waals surface area contributed by atoms with Gasteiger partial charge in [0.2, 0.25) is 0 Å². The second-order valence-corrected chi connectivity index (χ2v) is 6.17. The van der Waals surface area contributed by atoms with Gasteiger partial charge in [-0.1, -0.05) is 6.07 Å². The van der Waals surface area contributed by atoms with Gasteiger partial charge in [-0.25, -0.2) is 4.79 Å². The SMILES string of the molecule is COc1ccc2c(c1)CCCC2N(C)CCN1CCNC1=O. The third-order valence-corrected chi connectivity index (χ3v) is 4.83. The number of aryl methyl sites for hydroxylation is 1. The van der Waals surface area contributed by atoms with Gasteiger partial charge in [0.15, 0.2) is 0 Å². The molecule has 1 aromatic carbocycles. The third-order valence-electron chi connectivity index (χ3n) is 4.83. The largest absolute Gasteiger partial charge is 0.497 e. The van der Waals surface area contributed by atoms with E-state index in [1.165, 1.54) is 24.0 Å². The number of benzene rings is 1. The van der Waals surface area contributed by atoms with Crippen LogP contribution in [0.25, 0.3) is 0 Å². The number of hydrogen-bond acceptors (Lipinski definition) is 3. The summed E-state index contributed by atoms with van der Waals surface area (Å²) in [6.45, 7) is 3.30. The lowest BCUT2D eigenvalue weighted by Crippen LogP contribution is -2.37. The highest BCUT2D eigenvalue weighted by atomic mass is 16.5. The van der Waals surface area contributed by atoms with Crippen LogP contribution in [0.1, 0.15) is 30.0 Å². The summed E-state index contributed by atoms with van der Waals surface area (Å²) in [5, 5.41) is 2.86. The third kappa shape index (κ3) is 3.04. The van der Waals surface area contributed by atoms with Crippen LogP contribution in [0.3, 0.4) is 0 Å². The van der Waals surface area contributed by atoms with Crippen LogP contribution in [0.4, 0.5) is 4.79 Å². The molecule has 2 amide bonds. The summed E-state index contributed by atoms with van der Waals surface area (Å²) in [4.78, 5) is 15.9. The number of carbonyl (C=O) groups excluding carboxylic acids is 1. The van der Waals surface area contributed by atoms with Gasteiger partial charge >= 0.3 is 6.03 Å². The maximum Gasteiger partial charge on any atom is 0.317 e. The van der Waals surface area contributed by atoms with Crippen LogP contribution in [0, 0.1) is 0 Å². The zero-order chi connectivity index (χ0) is 15.5. The molecule has 22 heavy (non-hydrogen) atoms. The van der Waals surface area contributed by atoms with Crippen molar-refractivity contribution in [3.63, 3.8) is 0 Å². The fraction of sp³-hybridized carbons (Fsp3) is 0.588. The molecule has 0 bridgehead atoms. The molecule has 5 heteroatoms. The molecule has 2 aliphatic rings. The Kier molecular flexibility index (Phi) is 4.52. The summed E-state index contributed by atoms with van der Waals surface area (Å²) >= 11 is 0. The van der Waals surface area contributed by atoms with Crippen molar-refractivity contribution in [2.45, 2.75) is 25.3 Å². The standard InChI is InChI=1S/C17H25N3O2/c1-19(10-11-20-9-8-18-17(20)21)16-5-3-4-13-12-14(22-2)6-7-15(13)16/h6-7,12,16H,3-5,8-11H2,1-2H3,(H,18,21). The smallest absolute Gasteiger partial charge is 0.317 e. The van der Waals surface area contributed by atoms with E-state index in [2.05, 4.69) is 35.5 Å². The number of amides is 2. The van der Waals surface area contributed by atoms with Crippen LogP contribution >= 0.6 is 0 Å². The maximum atomic E-state index is 11.6. The molecule has 0 radical (unpaired) electrons. The Morgan fingerprint density at radius 3 is 3.05 bits per heavy atom. The molecule has 0 aromatic heterocycles. The van der Waals surface area contributed by atoms with E-state index in [9.17, 15) is 4.79 Å². The van der Waals surface area contributed by atoms with E-state index in [0.717, 1.165) is 38.3 Å². The Morgan fingerprint density at radius 2 is 2.32 bits per heavy atom. The van der Waals surface area contributed by atoms with Crippen molar-refractivity contribution < 1.29 is 9.53 Å². The molecule has 1 unspecified atom stereocenters. The molecular weight excluding hydrogens is 278 g/mol. The van der Waals surface area contributed by atoms with E-state index >= 15 is 0 Å². The first kappa shape index (κ1) is 15.2. The number of likely N-dealkylation sites (N-methyl/N-ethyl adjacent to an activating group) is 1. The highest BCUT2D eigenvalue weighted by Gasteiger charge is 2.25. The first-order chi connectivity index (χ1) is 10.7. The van der Waals surface area contributed by atoms with Crippen LogP contribution in [-0.2, 0) is 6.42 Å². The fourth-order valence-electron chi connectivity index (χ4n) is 3.51. The molecule has 5 nitrogen and oxygen atoms in total. The maximum absolute atomic E-state index is 11.6. The lowest BCUT2D eigenvalue weighted by molar-refractivity contribution is 0.184. The number of rotatable bonds is 5. The summed E-state index contributed by atoms with van der Waals surface area (Å²) < 4.78 is 5.34. The lowest BCUT2D eigenvalue weighted by Gasteiger charge is -2.34. The molecule has 3 rings (SSSR count). The number of ether oxygens (including phenoxy) is 1. The highest BCUT2D eigenvalue weighted by Crippen LogP contribution is 2.35. The molecular formula is C17H25N3O2. The molecule has 0 spiro atoms. The summed E-state index contributed by atoms with van der Waals surface area (Å²) in [6, 6.07) is 6.95. The molecule has 1 N–H and O–H groups in total. The molecule has 1 heterocycles. The predicted octanol–water partition coefficient (Wildman–Crippen LogP) is 2.03. The van der Waals surface area contributed by atoms with Crippen molar-refractivity contribution in [2.24, 2.45) is 0 Å². The van der Waals surface area contributed by atoms with Crippen molar-refractivity contribution in [1.29, 1.82) is 0 Å². The van der Waals surface area contributed by atoms with Gasteiger partial charge < -0.3 is 15.0 Å². The summed E-state index contributed by atoms with van der Waals surface area (Å²) in [5.41, 5.74) is 2.82. The Labute approximate surface area is 132 Å². The Bertz CT molecular complexity index is 547. The molecule has 120 valence electrons. The van der Waals surface area contributed by atoms with E-state index in [-0.39, 0.29) is 6.03 Å². The fourth-order valence-corrected chi connectivity index (χ4v) is 3.51. The number of hydrogen-bond donors (Lipinski definition) is 1. The first-order valence-corrected chi connectivity index (χ1v) is 8.09. The quantitative estimate of drug-likeness (QED) is 0.905. The van der Waals surface area contributed by atoms with E-state index in [1.54, 1.807) is 7.11 Å². The molecule has 0 saturated carbocycles. The summed E-state index contributed by atoms with van der Waals surface area (Å²) in [5.74, 6) is 0.941. The molecule has 1 aliphatic carbocycles. The second-order valence-electron chi connectivity index (χ2n) is 6.17. The number of urea groups is 1. The van der Waals surface area contributed by atoms with Crippen LogP contribution in [-0.4, -0.2) is 56.2 Å². The number of fused-ring (bicyclic) bond motifs is 1. The van der Waals surface area contributed by atoms with E-state index < -0.39 is 0 Å². The van der Waals surface area contributed by atoms with Crippen LogP contribution in [0.5, 0.6) is 5.75 Å². The number of carbonyl (C=O) groups is 1. The van der Waals surface area contributed by atoms with E-state index in [0.29, 0.717) is 6.04 Å². The Morgan fingerprint density at radius 1 is 1.45 bits per heavy atom. The van der Waals surface area contributed by atoms with Gasteiger partial charge in [-0.2, -0.15) is 0 Å². The highest BCUT2D eigenvalue weighted by molar-refractivity contribution is 5.76. The Hall–Kier alpha value is -1.75. The molecule has 1 aliphatic heterocycles. The molecule has 1 aromatic rings. The van der Waals surface area contributed by atoms with Gasteiger partial charge in [0.25, 0.3) is 0 Å². The van der Waals surface area contributed by atoms with Crippen molar-refractivity contribution in [2.75, 3.05) is 40.3 Å². The van der Waals surface area contributed by atoms with Gasteiger partial charge in [0, 0.05) is 32.2 Å². The minimum Gasteiger partial charge on any atom is -0.497 e. The zero-order valence-electron chi connectivity index (χ0n) is 13.5. The number of methoxy groups -OCH3 is 1. The average Bonchev–Trinajstić information content (AvgIpc) is 2.96. The average molecular weight is 303 g/mol. The van der Waals surface area contributed by atoms with Crippen LogP contribution < -0.4 is 10.1 Å². The number of nitrogens with zero attached hydrogens (tertiary/aromatic N) is 2. The van der Waals surface area contributed by atoms with Gasteiger partial charge in [-0.3, -0.25) is 4.90 Å². The molecule has 1 atom stereocenters. The van der Waals surface area contributed by atoms with Gasteiger partial charge in [0.05, 0.1) is 7.11 Å². The Balaban J connectivity index is 1.66.